The lowest BCUT2D eigenvalue weighted by molar-refractivity contribution is 0.0697. The molecule has 4 aromatic rings. The van der Waals surface area contributed by atoms with Crippen LogP contribution in [-0.2, 0) is 10.0 Å². The average molecular weight is 502 g/mol. The molecule has 2 N–H and O–H groups in total. The third-order valence-electron chi connectivity index (χ3n) is 6.01. The van der Waals surface area contributed by atoms with Crippen molar-refractivity contribution in [3.8, 4) is 33.8 Å². The number of methoxy groups -OCH3 is 1. The van der Waals surface area contributed by atoms with Crippen molar-refractivity contribution in [3.63, 3.8) is 0 Å². The maximum atomic E-state index is 11.9. The summed E-state index contributed by atoms with van der Waals surface area (Å²) in [6, 6.07) is 25.5. The highest BCUT2D eigenvalue weighted by atomic mass is 32.2. The molecule has 0 aromatic heterocycles. The van der Waals surface area contributed by atoms with Gasteiger partial charge >= 0.3 is 5.97 Å². The van der Waals surface area contributed by atoms with Crippen LogP contribution in [0, 0.1) is 0 Å². The Hall–Kier alpha value is -4.30. The zero-order chi connectivity index (χ0) is 25.4. The summed E-state index contributed by atoms with van der Waals surface area (Å²) in [7, 11) is -1.87. The van der Waals surface area contributed by atoms with E-state index in [2.05, 4.69) is 4.72 Å². The third kappa shape index (κ3) is 4.50. The fourth-order valence-electron chi connectivity index (χ4n) is 4.45. The summed E-state index contributed by atoms with van der Waals surface area (Å²) in [6.45, 7) is 0. The average Bonchev–Trinajstić information content (AvgIpc) is 2.87. The molecule has 0 bridgehead atoms. The lowest BCUT2D eigenvalue weighted by atomic mass is 9.88. The van der Waals surface area contributed by atoms with Gasteiger partial charge in [-0.05, 0) is 64.7 Å². The SMILES string of the molecule is COc1cccc2c1-c1ccc(NS(C)(=O)=O)cc1C(c1cccc(-c3ccc(C(=O)O)cc3)c1)O2. The van der Waals surface area contributed by atoms with E-state index in [1.165, 1.54) is 0 Å². The van der Waals surface area contributed by atoms with Crippen molar-refractivity contribution in [1.82, 2.24) is 0 Å². The number of carboxylic acid groups (broad SMARTS) is 1. The van der Waals surface area contributed by atoms with Crippen LogP contribution in [0.4, 0.5) is 5.69 Å². The number of benzene rings is 4. The van der Waals surface area contributed by atoms with Crippen LogP contribution in [0.3, 0.4) is 0 Å². The second-order valence-electron chi connectivity index (χ2n) is 8.52. The highest BCUT2D eigenvalue weighted by Gasteiger charge is 2.30. The number of aromatic carboxylic acids is 1. The first-order valence-electron chi connectivity index (χ1n) is 11.1. The number of fused-ring (bicyclic) bond motifs is 3. The van der Waals surface area contributed by atoms with Crippen LogP contribution in [0.2, 0.25) is 0 Å². The van der Waals surface area contributed by atoms with E-state index in [-0.39, 0.29) is 5.56 Å². The van der Waals surface area contributed by atoms with E-state index < -0.39 is 22.1 Å². The summed E-state index contributed by atoms with van der Waals surface area (Å²) in [4.78, 5) is 11.2. The number of sulfonamides is 1. The Kier molecular flexibility index (Phi) is 5.89. The zero-order valence-electron chi connectivity index (χ0n) is 19.6. The summed E-state index contributed by atoms with van der Waals surface area (Å²) < 4.78 is 38.4. The minimum absolute atomic E-state index is 0.218. The van der Waals surface area contributed by atoms with E-state index in [0.29, 0.717) is 17.2 Å². The van der Waals surface area contributed by atoms with Crippen molar-refractivity contribution in [2.24, 2.45) is 0 Å². The molecule has 0 saturated carbocycles. The Morgan fingerprint density at radius 1 is 0.944 bits per heavy atom. The van der Waals surface area contributed by atoms with E-state index in [4.69, 9.17) is 9.47 Å². The van der Waals surface area contributed by atoms with Crippen molar-refractivity contribution in [2.75, 3.05) is 18.1 Å². The van der Waals surface area contributed by atoms with Crippen molar-refractivity contribution >= 4 is 21.7 Å². The first-order valence-corrected chi connectivity index (χ1v) is 13.0. The van der Waals surface area contributed by atoms with Gasteiger partial charge in [0.25, 0.3) is 0 Å². The fraction of sp³-hybridized carbons (Fsp3) is 0.107. The third-order valence-corrected chi connectivity index (χ3v) is 6.62. The van der Waals surface area contributed by atoms with E-state index in [1.54, 1.807) is 43.5 Å². The van der Waals surface area contributed by atoms with Gasteiger partial charge in [0.15, 0.2) is 0 Å². The van der Waals surface area contributed by atoms with Crippen molar-refractivity contribution in [2.45, 2.75) is 6.10 Å². The maximum Gasteiger partial charge on any atom is 0.335 e. The molecule has 0 radical (unpaired) electrons. The van der Waals surface area contributed by atoms with Gasteiger partial charge in [0, 0.05) is 11.3 Å². The van der Waals surface area contributed by atoms with Crippen molar-refractivity contribution in [1.29, 1.82) is 0 Å². The molecule has 8 heteroatoms. The van der Waals surface area contributed by atoms with Crippen LogP contribution in [0.15, 0.2) is 84.9 Å². The predicted octanol–water partition coefficient (Wildman–Crippen LogP) is 5.58. The topological polar surface area (TPSA) is 102 Å². The predicted molar refractivity (Wildman–Crippen MR) is 138 cm³/mol. The van der Waals surface area contributed by atoms with Gasteiger partial charge in [0.2, 0.25) is 10.0 Å². The minimum atomic E-state index is -3.47. The van der Waals surface area contributed by atoms with Gasteiger partial charge in [-0.3, -0.25) is 4.72 Å². The van der Waals surface area contributed by atoms with Crippen LogP contribution in [-0.4, -0.2) is 32.9 Å². The molecular formula is C28H23NO6S. The van der Waals surface area contributed by atoms with Gasteiger partial charge < -0.3 is 14.6 Å². The number of hydrogen-bond donors (Lipinski definition) is 2. The molecule has 1 heterocycles. The maximum absolute atomic E-state index is 11.9. The second-order valence-corrected chi connectivity index (χ2v) is 10.3. The van der Waals surface area contributed by atoms with Crippen molar-refractivity contribution in [3.05, 3.63) is 102 Å². The quantitative estimate of drug-likeness (QED) is 0.358. The molecule has 1 aliphatic heterocycles. The molecule has 1 aliphatic rings. The number of carbonyl (C=O) groups is 1. The van der Waals surface area contributed by atoms with Crippen LogP contribution >= 0.6 is 0 Å². The molecule has 5 rings (SSSR count). The summed E-state index contributed by atoms with van der Waals surface area (Å²) in [5, 5.41) is 9.20. The summed E-state index contributed by atoms with van der Waals surface area (Å²) in [6.07, 6.45) is 0.594. The number of nitrogens with one attached hydrogen (secondary N) is 1. The molecule has 0 aliphatic carbocycles. The smallest absolute Gasteiger partial charge is 0.335 e. The molecule has 0 amide bonds. The number of rotatable bonds is 6. The molecule has 0 fully saturated rings. The first-order chi connectivity index (χ1) is 17.2. The first kappa shape index (κ1) is 23.4. The molecular weight excluding hydrogens is 478 g/mol. The Morgan fingerprint density at radius 3 is 2.39 bits per heavy atom. The van der Waals surface area contributed by atoms with Gasteiger partial charge in [0.1, 0.15) is 17.6 Å². The van der Waals surface area contributed by atoms with E-state index in [1.807, 2.05) is 48.5 Å². The second kappa shape index (κ2) is 9.05. The largest absolute Gasteiger partial charge is 0.496 e. The standard InChI is InChI=1S/C28H23NO6S/c1-34-24-7-4-8-25-26(24)22-14-13-21(29-36(2,32)33)16-23(22)27(35-25)20-6-3-5-19(15-20)17-9-11-18(12-10-17)28(30)31/h3-16,27,29H,1-2H3,(H,30,31). The molecule has 1 atom stereocenters. The lowest BCUT2D eigenvalue weighted by Crippen LogP contribution is -2.17. The van der Waals surface area contributed by atoms with E-state index in [9.17, 15) is 18.3 Å². The van der Waals surface area contributed by atoms with E-state index >= 15 is 0 Å². The van der Waals surface area contributed by atoms with Crippen molar-refractivity contribution < 1.29 is 27.8 Å². The van der Waals surface area contributed by atoms with Crippen LogP contribution in [0.5, 0.6) is 11.5 Å². The molecule has 182 valence electrons. The summed E-state index contributed by atoms with van der Waals surface area (Å²) >= 11 is 0. The van der Waals surface area contributed by atoms with Gasteiger partial charge in [-0.25, -0.2) is 13.2 Å². The molecule has 1 unspecified atom stereocenters. The number of anilines is 1. The molecule has 0 spiro atoms. The summed E-state index contributed by atoms with van der Waals surface area (Å²) in [5.41, 5.74) is 5.76. The van der Waals surface area contributed by atoms with Gasteiger partial charge in [0.05, 0.1) is 24.5 Å². The fourth-order valence-corrected chi connectivity index (χ4v) is 5.01. The normalized spacial score (nSPS) is 14.2. The number of ether oxygens (including phenoxy) is 2. The Morgan fingerprint density at radius 2 is 1.69 bits per heavy atom. The Balaban J connectivity index is 1.63. The highest BCUT2D eigenvalue weighted by Crippen LogP contribution is 2.49. The lowest BCUT2D eigenvalue weighted by Gasteiger charge is -2.30. The molecule has 36 heavy (non-hydrogen) atoms. The highest BCUT2D eigenvalue weighted by molar-refractivity contribution is 7.92. The van der Waals surface area contributed by atoms with Crippen LogP contribution in [0.1, 0.15) is 27.6 Å². The van der Waals surface area contributed by atoms with Gasteiger partial charge in [-0.2, -0.15) is 0 Å². The Bertz CT molecular complexity index is 1580. The monoisotopic (exact) mass is 501 g/mol. The van der Waals surface area contributed by atoms with E-state index in [0.717, 1.165) is 39.6 Å². The molecule has 0 saturated heterocycles. The summed E-state index contributed by atoms with van der Waals surface area (Å²) in [5.74, 6) is 0.338. The molecule has 4 aromatic carbocycles. The zero-order valence-corrected chi connectivity index (χ0v) is 20.4. The van der Waals surface area contributed by atoms with Gasteiger partial charge in [-0.1, -0.05) is 42.5 Å². The van der Waals surface area contributed by atoms with Gasteiger partial charge in [-0.15, -0.1) is 0 Å². The van der Waals surface area contributed by atoms with Crippen LogP contribution < -0.4 is 14.2 Å². The minimum Gasteiger partial charge on any atom is -0.496 e. The Labute approximate surface area is 209 Å². The number of hydrogen-bond acceptors (Lipinski definition) is 5. The molecule has 7 nitrogen and oxygen atoms in total. The van der Waals surface area contributed by atoms with Crippen LogP contribution in [0.25, 0.3) is 22.3 Å². The number of carboxylic acids is 1.